The summed E-state index contributed by atoms with van der Waals surface area (Å²) < 4.78 is 5.13. The van der Waals surface area contributed by atoms with Gasteiger partial charge >= 0.3 is 0 Å². The van der Waals surface area contributed by atoms with Gasteiger partial charge in [-0.15, -0.1) is 0 Å². The van der Waals surface area contributed by atoms with E-state index in [-0.39, 0.29) is 0 Å². The van der Waals surface area contributed by atoms with Gasteiger partial charge in [0, 0.05) is 39.4 Å². The largest absolute Gasteiger partial charge is 0.385 e. The van der Waals surface area contributed by atoms with Gasteiger partial charge in [-0.3, -0.25) is 4.90 Å². The van der Waals surface area contributed by atoms with Crippen molar-refractivity contribution in [2.45, 2.75) is 25.9 Å². The van der Waals surface area contributed by atoms with Crippen molar-refractivity contribution in [2.24, 2.45) is 5.73 Å². The van der Waals surface area contributed by atoms with Gasteiger partial charge in [-0.05, 0) is 18.9 Å². The molecular weight excluding hydrogens is 212 g/mol. The van der Waals surface area contributed by atoms with E-state index in [1.165, 1.54) is 5.56 Å². The van der Waals surface area contributed by atoms with Crippen molar-refractivity contribution in [3.05, 3.63) is 35.9 Å². The normalized spacial score (nSPS) is 12.9. The average Bonchev–Trinajstić information content (AvgIpc) is 2.36. The molecule has 0 aliphatic heterocycles. The molecule has 0 aliphatic rings. The number of hydrogen-bond donors (Lipinski definition) is 1. The van der Waals surface area contributed by atoms with Crippen LogP contribution in [0.3, 0.4) is 0 Å². The van der Waals surface area contributed by atoms with E-state index in [1.807, 2.05) is 6.07 Å². The zero-order valence-electron chi connectivity index (χ0n) is 10.9. The van der Waals surface area contributed by atoms with Gasteiger partial charge in [0.15, 0.2) is 0 Å². The van der Waals surface area contributed by atoms with Gasteiger partial charge in [-0.25, -0.2) is 0 Å². The van der Waals surface area contributed by atoms with Crippen LogP contribution in [0.25, 0.3) is 0 Å². The summed E-state index contributed by atoms with van der Waals surface area (Å²) in [7, 11) is 1.75. The number of hydrogen-bond acceptors (Lipinski definition) is 3. The SMILES string of the molecule is COCCC(C)N(CCN)Cc1ccccc1. The summed E-state index contributed by atoms with van der Waals surface area (Å²) in [5, 5.41) is 0. The van der Waals surface area contributed by atoms with Crippen LogP contribution in [-0.2, 0) is 11.3 Å². The lowest BCUT2D eigenvalue weighted by Gasteiger charge is -2.28. The van der Waals surface area contributed by atoms with Crippen molar-refractivity contribution in [1.29, 1.82) is 0 Å². The average molecular weight is 236 g/mol. The maximum Gasteiger partial charge on any atom is 0.0477 e. The van der Waals surface area contributed by atoms with Crippen molar-refractivity contribution < 1.29 is 4.74 Å². The minimum Gasteiger partial charge on any atom is -0.385 e. The lowest BCUT2D eigenvalue weighted by atomic mass is 10.1. The summed E-state index contributed by atoms with van der Waals surface area (Å²) >= 11 is 0. The molecule has 0 saturated carbocycles. The summed E-state index contributed by atoms with van der Waals surface area (Å²) in [6.07, 6.45) is 1.04. The molecule has 0 radical (unpaired) electrons. The zero-order chi connectivity index (χ0) is 12.5. The Morgan fingerprint density at radius 1 is 1.29 bits per heavy atom. The van der Waals surface area contributed by atoms with Gasteiger partial charge in [0.05, 0.1) is 0 Å². The Bertz CT molecular complexity index is 290. The molecule has 1 atom stereocenters. The molecular formula is C14H24N2O. The van der Waals surface area contributed by atoms with Gasteiger partial charge in [0.2, 0.25) is 0 Å². The van der Waals surface area contributed by atoms with E-state index in [0.29, 0.717) is 12.6 Å². The molecule has 2 N–H and O–H groups in total. The van der Waals surface area contributed by atoms with Crippen molar-refractivity contribution in [1.82, 2.24) is 4.90 Å². The molecule has 96 valence electrons. The summed E-state index contributed by atoms with van der Waals surface area (Å²) in [6.45, 7) is 5.63. The molecule has 0 spiro atoms. The molecule has 1 aromatic rings. The Balaban J connectivity index is 2.53. The summed E-state index contributed by atoms with van der Waals surface area (Å²) in [4.78, 5) is 2.41. The second-order valence-corrected chi connectivity index (χ2v) is 4.38. The zero-order valence-corrected chi connectivity index (χ0v) is 10.9. The molecule has 0 saturated heterocycles. The first-order valence-corrected chi connectivity index (χ1v) is 6.25. The number of nitrogens with zero attached hydrogens (tertiary/aromatic N) is 1. The van der Waals surface area contributed by atoms with E-state index in [1.54, 1.807) is 7.11 Å². The van der Waals surface area contributed by atoms with Crippen LogP contribution in [-0.4, -0.2) is 37.7 Å². The first-order chi connectivity index (χ1) is 8.27. The van der Waals surface area contributed by atoms with Crippen LogP contribution >= 0.6 is 0 Å². The predicted octanol–water partition coefficient (Wildman–Crippen LogP) is 1.87. The van der Waals surface area contributed by atoms with Gasteiger partial charge < -0.3 is 10.5 Å². The minimum atomic E-state index is 0.499. The topological polar surface area (TPSA) is 38.5 Å². The highest BCUT2D eigenvalue weighted by atomic mass is 16.5. The van der Waals surface area contributed by atoms with Crippen molar-refractivity contribution in [3.63, 3.8) is 0 Å². The van der Waals surface area contributed by atoms with Crippen LogP contribution in [0.4, 0.5) is 0 Å². The fourth-order valence-electron chi connectivity index (χ4n) is 1.91. The third-order valence-corrected chi connectivity index (χ3v) is 3.01. The van der Waals surface area contributed by atoms with Crippen molar-refractivity contribution in [3.8, 4) is 0 Å². The summed E-state index contributed by atoms with van der Waals surface area (Å²) in [5.74, 6) is 0. The standard InChI is InChI=1S/C14H24N2O/c1-13(8-11-17-2)16(10-9-15)12-14-6-4-3-5-7-14/h3-7,13H,8-12,15H2,1-2H3. The molecule has 1 unspecified atom stereocenters. The Labute approximate surface area is 105 Å². The molecule has 0 aromatic heterocycles. The Morgan fingerprint density at radius 3 is 2.59 bits per heavy atom. The van der Waals surface area contributed by atoms with Gasteiger partial charge in [0.25, 0.3) is 0 Å². The summed E-state index contributed by atoms with van der Waals surface area (Å²) in [5.41, 5.74) is 7.01. The maximum absolute atomic E-state index is 5.68. The highest BCUT2D eigenvalue weighted by Gasteiger charge is 2.12. The minimum absolute atomic E-state index is 0.499. The fourth-order valence-corrected chi connectivity index (χ4v) is 1.91. The third kappa shape index (κ3) is 5.31. The number of ether oxygens (including phenoxy) is 1. The number of benzene rings is 1. The molecule has 3 heteroatoms. The molecule has 0 amide bonds. The van der Waals surface area contributed by atoms with Crippen LogP contribution in [0.5, 0.6) is 0 Å². The molecule has 1 rings (SSSR count). The lowest BCUT2D eigenvalue weighted by Crippen LogP contribution is -2.37. The second-order valence-electron chi connectivity index (χ2n) is 4.38. The number of rotatable bonds is 8. The fraction of sp³-hybridized carbons (Fsp3) is 0.571. The van der Waals surface area contributed by atoms with Crippen LogP contribution < -0.4 is 5.73 Å². The first-order valence-electron chi connectivity index (χ1n) is 6.25. The predicted molar refractivity (Wildman–Crippen MR) is 71.9 cm³/mol. The highest BCUT2D eigenvalue weighted by molar-refractivity contribution is 5.14. The molecule has 17 heavy (non-hydrogen) atoms. The second kappa shape index (κ2) is 8.23. The van der Waals surface area contributed by atoms with E-state index in [2.05, 4.69) is 36.1 Å². The van der Waals surface area contributed by atoms with E-state index in [0.717, 1.165) is 26.1 Å². The molecule has 0 heterocycles. The third-order valence-electron chi connectivity index (χ3n) is 3.01. The van der Waals surface area contributed by atoms with E-state index in [9.17, 15) is 0 Å². The monoisotopic (exact) mass is 236 g/mol. The van der Waals surface area contributed by atoms with Gasteiger partial charge in [0.1, 0.15) is 0 Å². The number of methoxy groups -OCH3 is 1. The Hall–Kier alpha value is -0.900. The smallest absolute Gasteiger partial charge is 0.0477 e. The molecule has 3 nitrogen and oxygen atoms in total. The van der Waals surface area contributed by atoms with Crippen LogP contribution in [0.1, 0.15) is 18.9 Å². The maximum atomic E-state index is 5.68. The van der Waals surface area contributed by atoms with Crippen molar-refractivity contribution in [2.75, 3.05) is 26.8 Å². The highest BCUT2D eigenvalue weighted by Crippen LogP contribution is 2.10. The lowest BCUT2D eigenvalue weighted by molar-refractivity contribution is 0.135. The molecule has 0 fully saturated rings. The Morgan fingerprint density at radius 2 is 2.00 bits per heavy atom. The number of nitrogens with two attached hydrogens (primary N) is 1. The van der Waals surface area contributed by atoms with Crippen LogP contribution in [0, 0.1) is 0 Å². The van der Waals surface area contributed by atoms with E-state index >= 15 is 0 Å². The first kappa shape index (κ1) is 14.2. The molecule has 0 bridgehead atoms. The molecule has 0 aliphatic carbocycles. The van der Waals surface area contributed by atoms with Crippen LogP contribution in [0.2, 0.25) is 0 Å². The van der Waals surface area contributed by atoms with Gasteiger partial charge in [-0.2, -0.15) is 0 Å². The van der Waals surface area contributed by atoms with E-state index < -0.39 is 0 Å². The van der Waals surface area contributed by atoms with Crippen molar-refractivity contribution >= 4 is 0 Å². The van der Waals surface area contributed by atoms with Gasteiger partial charge in [-0.1, -0.05) is 30.3 Å². The quantitative estimate of drug-likeness (QED) is 0.749. The molecule has 1 aromatic carbocycles. The van der Waals surface area contributed by atoms with E-state index in [4.69, 9.17) is 10.5 Å². The Kier molecular flexibility index (Phi) is 6.86. The van der Waals surface area contributed by atoms with Crippen LogP contribution in [0.15, 0.2) is 30.3 Å². The summed E-state index contributed by atoms with van der Waals surface area (Å²) in [6, 6.07) is 11.0.